The van der Waals surface area contributed by atoms with E-state index in [-0.39, 0.29) is 6.79 Å². The second-order valence-electron chi connectivity index (χ2n) is 6.55. The molecule has 0 amide bonds. The molecule has 5 nitrogen and oxygen atoms in total. The van der Waals surface area contributed by atoms with Crippen LogP contribution in [-0.4, -0.2) is 28.1 Å². The summed E-state index contributed by atoms with van der Waals surface area (Å²) in [7, 11) is 4.82. The summed E-state index contributed by atoms with van der Waals surface area (Å²) < 4.78 is 26.9. The van der Waals surface area contributed by atoms with E-state index < -0.39 is 0 Å². The molecule has 3 aromatic rings. The molecule has 154 valence electrons. The SMILES string of the molecule is COc1ccc(C#Cc2cc(OC)c(OC)cc2C#Cc2ccc3c(c2)OCO3)cc1. The molecule has 3 aromatic carbocycles. The Bertz CT molecular complexity index is 1220. The molecule has 0 atom stereocenters. The van der Waals surface area contributed by atoms with Crippen molar-refractivity contribution < 1.29 is 23.7 Å². The first-order valence-corrected chi connectivity index (χ1v) is 9.54. The zero-order chi connectivity index (χ0) is 21.6. The largest absolute Gasteiger partial charge is 0.497 e. The summed E-state index contributed by atoms with van der Waals surface area (Å²) in [4.78, 5) is 0. The Kier molecular flexibility index (Phi) is 5.87. The summed E-state index contributed by atoms with van der Waals surface area (Å²) in [6.07, 6.45) is 0. The van der Waals surface area contributed by atoms with Crippen LogP contribution in [-0.2, 0) is 0 Å². The van der Waals surface area contributed by atoms with Crippen LogP contribution in [0.25, 0.3) is 0 Å². The van der Waals surface area contributed by atoms with Crippen molar-refractivity contribution in [2.24, 2.45) is 0 Å². The second kappa shape index (κ2) is 9.07. The average molecular weight is 412 g/mol. The van der Waals surface area contributed by atoms with E-state index in [2.05, 4.69) is 23.7 Å². The van der Waals surface area contributed by atoms with Crippen molar-refractivity contribution in [1.29, 1.82) is 0 Å². The molecule has 0 bridgehead atoms. The van der Waals surface area contributed by atoms with Crippen LogP contribution in [0.3, 0.4) is 0 Å². The zero-order valence-electron chi connectivity index (χ0n) is 17.4. The maximum atomic E-state index is 5.44. The molecule has 0 fully saturated rings. The third kappa shape index (κ3) is 4.52. The second-order valence-corrected chi connectivity index (χ2v) is 6.55. The maximum absolute atomic E-state index is 5.44. The molecule has 0 saturated heterocycles. The molecular formula is C26H20O5. The third-order valence-corrected chi connectivity index (χ3v) is 4.67. The number of benzene rings is 3. The Hall–Kier alpha value is -4.22. The zero-order valence-corrected chi connectivity index (χ0v) is 17.4. The standard InChI is InChI=1S/C26H20O5/c1-27-22-11-6-18(7-12-22)4-9-20-15-24(28-2)25(29-3)16-21(20)10-5-19-8-13-23-26(14-19)31-17-30-23/h6-8,11-16H,17H2,1-3H3. The van der Waals surface area contributed by atoms with Crippen molar-refractivity contribution in [3.63, 3.8) is 0 Å². The highest BCUT2D eigenvalue weighted by molar-refractivity contribution is 5.61. The van der Waals surface area contributed by atoms with Crippen molar-refractivity contribution in [1.82, 2.24) is 0 Å². The molecule has 0 aromatic heterocycles. The molecule has 1 aliphatic rings. The molecule has 31 heavy (non-hydrogen) atoms. The lowest BCUT2D eigenvalue weighted by Gasteiger charge is -2.09. The highest BCUT2D eigenvalue weighted by Crippen LogP contribution is 2.33. The van der Waals surface area contributed by atoms with E-state index in [0.717, 1.165) is 33.8 Å². The van der Waals surface area contributed by atoms with Crippen LogP contribution in [0.1, 0.15) is 22.3 Å². The van der Waals surface area contributed by atoms with Crippen LogP contribution in [0.2, 0.25) is 0 Å². The smallest absolute Gasteiger partial charge is 0.231 e. The highest BCUT2D eigenvalue weighted by atomic mass is 16.7. The van der Waals surface area contributed by atoms with Gasteiger partial charge in [-0.3, -0.25) is 0 Å². The Balaban J connectivity index is 1.72. The molecule has 1 heterocycles. The van der Waals surface area contributed by atoms with E-state index in [1.807, 2.05) is 54.6 Å². The number of hydrogen-bond donors (Lipinski definition) is 0. The van der Waals surface area contributed by atoms with E-state index in [1.54, 1.807) is 21.3 Å². The molecular weight excluding hydrogens is 392 g/mol. The van der Waals surface area contributed by atoms with Gasteiger partial charge in [0.1, 0.15) is 5.75 Å². The topological polar surface area (TPSA) is 46.2 Å². The molecule has 0 N–H and O–H groups in total. The molecule has 0 aliphatic carbocycles. The fraction of sp³-hybridized carbons (Fsp3) is 0.154. The van der Waals surface area contributed by atoms with Gasteiger partial charge in [-0.05, 0) is 42.5 Å². The number of rotatable bonds is 3. The average Bonchev–Trinajstić information content (AvgIpc) is 3.29. The number of methoxy groups -OCH3 is 3. The number of fused-ring (bicyclic) bond motifs is 1. The lowest BCUT2D eigenvalue weighted by molar-refractivity contribution is 0.174. The number of ether oxygens (including phenoxy) is 5. The highest BCUT2D eigenvalue weighted by Gasteiger charge is 2.13. The van der Waals surface area contributed by atoms with Gasteiger partial charge in [-0.1, -0.05) is 23.7 Å². The van der Waals surface area contributed by atoms with Crippen LogP contribution in [0, 0.1) is 23.7 Å². The Morgan fingerprint density at radius 3 is 1.81 bits per heavy atom. The molecule has 0 radical (unpaired) electrons. The van der Waals surface area contributed by atoms with Crippen molar-refractivity contribution in [2.75, 3.05) is 28.1 Å². The minimum absolute atomic E-state index is 0.229. The van der Waals surface area contributed by atoms with E-state index in [4.69, 9.17) is 23.7 Å². The Morgan fingerprint density at radius 1 is 0.613 bits per heavy atom. The predicted molar refractivity (Wildman–Crippen MR) is 117 cm³/mol. The van der Waals surface area contributed by atoms with Gasteiger partial charge < -0.3 is 23.7 Å². The summed E-state index contributed by atoms with van der Waals surface area (Å²) in [5.74, 6) is 16.1. The van der Waals surface area contributed by atoms with Gasteiger partial charge in [-0.2, -0.15) is 0 Å². The van der Waals surface area contributed by atoms with E-state index in [9.17, 15) is 0 Å². The van der Waals surface area contributed by atoms with Gasteiger partial charge in [0.05, 0.1) is 21.3 Å². The lowest BCUT2D eigenvalue weighted by Crippen LogP contribution is -1.94. The third-order valence-electron chi connectivity index (χ3n) is 4.67. The van der Waals surface area contributed by atoms with Crippen molar-refractivity contribution in [3.05, 3.63) is 76.9 Å². The lowest BCUT2D eigenvalue weighted by atomic mass is 10.1. The van der Waals surface area contributed by atoms with Crippen LogP contribution >= 0.6 is 0 Å². The maximum Gasteiger partial charge on any atom is 0.231 e. The Morgan fingerprint density at radius 2 is 1.19 bits per heavy atom. The molecule has 0 spiro atoms. The van der Waals surface area contributed by atoms with Crippen molar-refractivity contribution in [2.45, 2.75) is 0 Å². The minimum atomic E-state index is 0.229. The Labute approximate surface area is 181 Å². The van der Waals surface area contributed by atoms with Gasteiger partial charge in [0.25, 0.3) is 0 Å². The number of hydrogen-bond acceptors (Lipinski definition) is 5. The summed E-state index contributed by atoms with van der Waals surface area (Å²) in [6.45, 7) is 0.229. The predicted octanol–water partition coefficient (Wildman–Crippen LogP) is 4.24. The van der Waals surface area contributed by atoms with Gasteiger partial charge in [0.2, 0.25) is 6.79 Å². The monoisotopic (exact) mass is 412 g/mol. The van der Waals surface area contributed by atoms with Gasteiger partial charge in [0, 0.05) is 34.4 Å². The van der Waals surface area contributed by atoms with Crippen LogP contribution in [0.5, 0.6) is 28.7 Å². The minimum Gasteiger partial charge on any atom is -0.497 e. The van der Waals surface area contributed by atoms with Gasteiger partial charge >= 0.3 is 0 Å². The van der Waals surface area contributed by atoms with Gasteiger partial charge in [-0.15, -0.1) is 0 Å². The van der Waals surface area contributed by atoms with Gasteiger partial charge in [0.15, 0.2) is 23.0 Å². The fourth-order valence-corrected chi connectivity index (χ4v) is 3.01. The normalized spacial score (nSPS) is 10.9. The molecule has 5 heteroatoms. The quantitative estimate of drug-likeness (QED) is 0.602. The molecule has 0 unspecified atom stereocenters. The van der Waals surface area contributed by atoms with Crippen LogP contribution in [0.15, 0.2) is 54.6 Å². The first-order chi connectivity index (χ1) is 15.2. The molecule has 4 rings (SSSR count). The summed E-state index contributed by atoms with van der Waals surface area (Å²) >= 11 is 0. The molecule has 0 saturated carbocycles. The first-order valence-electron chi connectivity index (χ1n) is 9.54. The van der Waals surface area contributed by atoms with Crippen LogP contribution < -0.4 is 23.7 Å². The van der Waals surface area contributed by atoms with Crippen LogP contribution in [0.4, 0.5) is 0 Å². The van der Waals surface area contributed by atoms with Crippen molar-refractivity contribution in [3.8, 4) is 52.4 Å². The van der Waals surface area contributed by atoms with Gasteiger partial charge in [-0.25, -0.2) is 0 Å². The summed E-state index contributed by atoms with van der Waals surface area (Å²) in [5.41, 5.74) is 3.15. The first kappa shape index (κ1) is 20.1. The summed E-state index contributed by atoms with van der Waals surface area (Å²) in [6, 6.07) is 16.8. The fourth-order valence-electron chi connectivity index (χ4n) is 3.01. The van der Waals surface area contributed by atoms with E-state index in [0.29, 0.717) is 17.2 Å². The molecule has 1 aliphatic heterocycles. The van der Waals surface area contributed by atoms with Crippen molar-refractivity contribution >= 4 is 0 Å². The summed E-state index contributed by atoms with van der Waals surface area (Å²) in [5, 5.41) is 0. The van der Waals surface area contributed by atoms with E-state index >= 15 is 0 Å². The van der Waals surface area contributed by atoms with E-state index in [1.165, 1.54) is 0 Å².